The Morgan fingerprint density at radius 3 is 2.64 bits per heavy atom. The molecule has 0 bridgehead atoms. The molecule has 9 heteroatoms. The Kier molecular flexibility index (Phi) is 6.59. The molecule has 1 aliphatic heterocycles. The SMILES string of the molecule is O=CNc1nn(-c2ccc(CN3CCOCC3)cc2)cc1Nc1cc(C2CCCC2)ncn1. The first-order valence-corrected chi connectivity index (χ1v) is 11.6. The van der Waals surface area contributed by atoms with Crippen molar-refractivity contribution in [2.75, 3.05) is 36.9 Å². The van der Waals surface area contributed by atoms with Crippen molar-refractivity contribution < 1.29 is 9.53 Å². The minimum Gasteiger partial charge on any atom is -0.379 e. The van der Waals surface area contributed by atoms with Crippen molar-refractivity contribution in [1.29, 1.82) is 0 Å². The molecule has 0 radical (unpaired) electrons. The first-order chi connectivity index (χ1) is 16.3. The zero-order valence-corrected chi connectivity index (χ0v) is 18.6. The van der Waals surface area contributed by atoms with Crippen LogP contribution in [0.5, 0.6) is 0 Å². The average molecular weight is 448 g/mol. The molecule has 3 aromatic rings. The number of hydrogen-bond acceptors (Lipinski definition) is 7. The van der Waals surface area contributed by atoms with E-state index in [-0.39, 0.29) is 0 Å². The lowest BCUT2D eigenvalue weighted by Gasteiger charge is -2.26. The van der Waals surface area contributed by atoms with E-state index in [2.05, 4.69) is 42.7 Å². The highest BCUT2D eigenvalue weighted by molar-refractivity contribution is 5.80. The van der Waals surface area contributed by atoms with Gasteiger partial charge in [-0.1, -0.05) is 25.0 Å². The maximum Gasteiger partial charge on any atom is 0.212 e. The first-order valence-electron chi connectivity index (χ1n) is 11.6. The number of carbonyl (C=O) groups excluding carboxylic acids is 1. The van der Waals surface area contributed by atoms with Crippen LogP contribution in [0.3, 0.4) is 0 Å². The molecule has 0 unspecified atom stereocenters. The Morgan fingerprint density at radius 2 is 1.88 bits per heavy atom. The number of nitrogens with one attached hydrogen (secondary N) is 2. The fourth-order valence-corrected chi connectivity index (χ4v) is 4.56. The number of benzene rings is 1. The average Bonchev–Trinajstić information content (AvgIpc) is 3.52. The number of hydrogen-bond donors (Lipinski definition) is 2. The maximum atomic E-state index is 11.2. The van der Waals surface area contributed by atoms with Crippen molar-refractivity contribution in [3.8, 4) is 5.69 Å². The molecule has 2 aromatic heterocycles. The van der Waals surface area contributed by atoms with E-state index in [0.717, 1.165) is 44.2 Å². The molecule has 0 atom stereocenters. The van der Waals surface area contributed by atoms with Gasteiger partial charge in [-0.25, -0.2) is 14.6 Å². The van der Waals surface area contributed by atoms with Crippen LogP contribution in [-0.2, 0) is 16.1 Å². The normalized spacial score (nSPS) is 17.2. The summed E-state index contributed by atoms with van der Waals surface area (Å²) < 4.78 is 7.18. The molecule has 1 saturated carbocycles. The molecule has 1 amide bonds. The highest BCUT2D eigenvalue weighted by Gasteiger charge is 2.19. The standard InChI is InChI=1S/C24H29N7O2/c32-17-27-24-22(28-23-13-21(25-16-26-23)19-3-1-2-4-19)15-31(29-24)20-7-5-18(6-8-20)14-30-9-11-33-12-10-30/h5-8,13,15-17,19H,1-4,9-12,14H2,(H,25,26,28)(H,27,29,32). The van der Waals surface area contributed by atoms with E-state index in [1.165, 1.54) is 31.2 Å². The summed E-state index contributed by atoms with van der Waals surface area (Å²) in [6, 6.07) is 10.3. The smallest absolute Gasteiger partial charge is 0.212 e. The van der Waals surface area contributed by atoms with Gasteiger partial charge in [0.05, 0.1) is 25.1 Å². The van der Waals surface area contributed by atoms with Gasteiger partial charge in [-0.15, -0.1) is 5.10 Å². The van der Waals surface area contributed by atoms with Crippen molar-refractivity contribution in [3.05, 3.63) is 54.1 Å². The Morgan fingerprint density at radius 1 is 1.09 bits per heavy atom. The zero-order valence-electron chi connectivity index (χ0n) is 18.6. The van der Waals surface area contributed by atoms with Gasteiger partial charge in [0, 0.05) is 37.3 Å². The third kappa shape index (κ3) is 5.20. The van der Waals surface area contributed by atoms with Crippen LogP contribution in [0, 0.1) is 0 Å². The van der Waals surface area contributed by atoms with Crippen LogP contribution in [0.1, 0.15) is 42.9 Å². The summed E-state index contributed by atoms with van der Waals surface area (Å²) in [5.74, 6) is 1.64. The predicted octanol–water partition coefficient (Wildman–Crippen LogP) is 3.46. The molecule has 33 heavy (non-hydrogen) atoms. The van der Waals surface area contributed by atoms with Gasteiger partial charge in [-0.2, -0.15) is 0 Å². The molecule has 5 rings (SSSR count). The number of aromatic nitrogens is 4. The monoisotopic (exact) mass is 447 g/mol. The number of rotatable bonds is 8. The summed E-state index contributed by atoms with van der Waals surface area (Å²) in [6.07, 6.45) is 8.95. The van der Waals surface area contributed by atoms with Gasteiger partial charge in [0.15, 0.2) is 5.82 Å². The van der Waals surface area contributed by atoms with Crippen LogP contribution in [0.25, 0.3) is 5.69 Å². The molecule has 172 valence electrons. The fraction of sp³-hybridized carbons (Fsp3) is 0.417. The van der Waals surface area contributed by atoms with Crippen molar-refractivity contribution in [2.24, 2.45) is 0 Å². The highest BCUT2D eigenvalue weighted by atomic mass is 16.5. The predicted molar refractivity (Wildman–Crippen MR) is 126 cm³/mol. The molecular formula is C24H29N7O2. The van der Waals surface area contributed by atoms with Crippen LogP contribution in [0.15, 0.2) is 42.9 Å². The Balaban J connectivity index is 1.32. The van der Waals surface area contributed by atoms with Gasteiger partial charge < -0.3 is 15.4 Å². The van der Waals surface area contributed by atoms with Crippen LogP contribution in [0.2, 0.25) is 0 Å². The largest absolute Gasteiger partial charge is 0.379 e. The quantitative estimate of drug-likeness (QED) is 0.510. The number of amides is 1. The van der Waals surface area contributed by atoms with Crippen molar-refractivity contribution >= 4 is 23.7 Å². The van der Waals surface area contributed by atoms with Gasteiger partial charge in [0.25, 0.3) is 0 Å². The zero-order chi connectivity index (χ0) is 22.5. The summed E-state index contributed by atoms with van der Waals surface area (Å²) in [7, 11) is 0. The number of nitrogens with zero attached hydrogens (tertiary/aromatic N) is 5. The second-order valence-corrected chi connectivity index (χ2v) is 8.59. The van der Waals surface area contributed by atoms with Gasteiger partial charge in [-0.05, 0) is 30.5 Å². The Bertz CT molecular complexity index is 1070. The van der Waals surface area contributed by atoms with Crippen LogP contribution in [0.4, 0.5) is 17.3 Å². The van der Waals surface area contributed by atoms with E-state index in [1.807, 2.05) is 24.4 Å². The Labute approximate surface area is 193 Å². The third-order valence-electron chi connectivity index (χ3n) is 6.35. The van der Waals surface area contributed by atoms with E-state index in [0.29, 0.717) is 29.7 Å². The molecule has 1 aromatic carbocycles. The summed E-state index contributed by atoms with van der Waals surface area (Å²) in [6.45, 7) is 4.42. The molecule has 2 aliphatic rings. The molecule has 2 N–H and O–H groups in total. The van der Waals surface area contributed by atoms with E-state index in [1.54, 1.807) is 11.0 Å². The van der Waals surface area contributed by atoms with Crippen LogP contribution < -0.4 is 10.6 Å². The molecular weight excluding hydrogens is 418 g/mol. The molecule has 3 heterocycles. The fourth-order valence-electron chi connectivity index (χ4n) is 4.56. The first kappa shape index (κ1) is 21.5. The maximum absolute atomic E-state index is 11.2. The van der Waals surface area contributed by atoms with Crippen LogP contribution >= 0.6 is 0 Å². The molecule has 2 fully saturated rings. The Hall–Kier alpha value is -3.30. The second kappa shape index (κ2) is 10.1. The highest BCUT2D eigenvalue weighted by Crippen LogP contribution is 2.34. The topological polar surface area (TPSA) is 97.2 Å². The number of ether oxygens (including phenoxy) is 1. The summed E-state index contributed by atoms with van der Waals surface area (Å²) >= 11 is 0. The lowest BCUT2D eigenvalue weighted by Crippen LogP contribution is -2.35. The van der Waals surface area contributed by atoms with Gasteiger partial charge in [-0.3, -0.25) is 9.69 Å². The van der Waals surface area contributed by atoms with E-state index in [9.17, 15) is 4.79 Å². The van der Waals surface area contributed by atoms with Crippen molar-refractivity contribution in [1.82, 2.24) is 24.6 Å². The van der Waals surface area contributed by atoms with E-state index < -0.39 is 0 Å². The lowest BCUT2D eigenvalue weighted by atomic mass is 10.0. The molecule has 1 saturated heterocycles. The van der Waals surface area contributed by atoms with Gasteiger partial charge >= 0.3 is 0 Å². The summed E-state index contributed by atoms with van der Waals surface area (Å²) in [5, 5.41) is 10.5. The number of anilines is 3. The summed E-state index contributed by atoms with van der Waals surface area (Å²) in [4.78, 5) is 22.4. The molecule has 9 nitrogen and oxygen atoms in total. The van der Waals surface area contributed by atoms with Gasteiger partial charge in [0.2, 0.25) is 6.41 Å². The minimum atomic E-state index is 0.448. The number of carbonyl (C=O) groups is 1. The van der Waals surface area contributed by atoms with E-state index >= 15 is 0 Å². The van der Waals surface area contributed by atoms with Gasteiger partial charge in [0.1, 0.15) is 17.8 Å². The molecule has 0 spiro atoms. The summed E-state index contributed by atoms with van der Waals surface area (Å²) in [5.41, 5.74) is 3.91. The minimum absolute atomic E-state index is 0.448. The molecule has 1 aliphatic carbocycles. The third-order valence-corrected chi connectivity index (χ3v) is 6.35. The van der Waals surface area contributed by atoms with Crippen LogP contribution in [-0.4, -0.2) is 57.4 Å². The van der Waals surface area contributed by atoms with E-state index in [4.69, 9.17) is 4.74 Å². The number of morpholine rings is 1. The van der Waals surface area contributed by atoms with Crippen molar-refractivity contribution in [3.63, 3.8) is 0 Å². The van der Waals surface area contributed by atoms with Crippen molar-refractivity contribution in [2.45, 2.75) is 38.1 Å². The second-order valence-electron chi connectivity index (χ2n) is 8.59. The lowest BCUT2D eigenvalue weighted by molar-refractivity contribution is -0.105.